The van der Waals surface area contributed by atoms with Gasteiger partial charge in [-0.1, -0.05) is 29.0 Å². The summed E-state index contributed by atoms with van der Waals surface area (Å²) in [6, 6.07) is 5.83. The molecule has 0 atom stereocenters. The van der Waals surface area contributed by atoms with Crippen LogP contribution in [0.5, 0.6) is 0 Å². The molecule has 4 rings (SSSR count). The van der Waals surface area contributed by atoms with E-state index in [1.807, 2.05) is 32.0 Å². The molecule has 0 radical (unpaired) electrons. The molecule has 1 aromatic carbocycles. The van der Waals surface area contributed by atoms with Gasteiger partial charge in [-0.05, 0) is 44.7 Å². The monoisotopic (exact) mass is 397 g/mol. The van der Waals surface area contributed by atoms with E-state index in [-0.39, 0.29) is 18.0 Å². The number of nitrogens with one attached hydrogen (secondary N) is 1. The van der Waals surface area contributed by atoms with Crippen molar-refractivity contribution in [2.24, 2.45) is 0 Å². The van der Waals surface area contributed by atoms with E-state index >= 15 is 0 Å². The topological polar surface area (TPSA) is 80.1 Å². The van der Waals surface area contributed by atoms with Crippen LogP contribution < -0.4 is 15.8 Å². The number of benzene rings is 1. The summed E-state index contributed by atoms with van der Waals surface area (Å²) in [5.41, 5.74) is 3.12. The molecule has 0 spiro atoms. The van der Waals surface area contributed by atoms with Crippen LogP contribution in [0.1, 0.15) is 30.4 Å². The van der Waals surface area contributed by atoms with Crippen molar-refractivity contribution in [2.75, 3.05) is 23.3 Å². The normalized spacial score (nSPS) is 14.4. The number of nitrogens with zero attached hydrogens (tertiary/aromatic N) is 4. The first-order valence-corrected chi connectivity index (χ1v) is 10.3. The minimum atomic E-state index is -0.254. The van der Waals surface area contributed by atoms with Crippen LogP contribution in [0, 0.1) is 13.8 Å². The van der Waals surface area contributed by atoms with Crippen molar-refractivity contribution in [2.45, 2.75) is 39.7 Å². The third-order valence-corrected chi connectivity index (χ3v) is 6.06. The number of aryl methyl sites for hydroxylation is 2. The lowest BCUT2D eigenvalue weighted by Crippen LogP contribution is -2.29. The third kappa shape index (κ3) is 3.77. The fourth-order valence-corrected chi connectivity index (χ4v) is 4.49. The fourth-order valence-electron chi connectivity index (χ4n) is 3.47. The van der Waals surface area contributed by atoms with Crippen molar-refractivity contribution in [3.05, 3.63) is 46.0 Å². The molecule has 1 fully saturated rings. The van der Waals surface area contributed by atoms with Crippen molar-refractivity contribution in [1.29, 1.82) is 0 Å². The second kappa shape index (κ2) is 7.71. The molecule has 1 aliphatic rings. The van der Waals surface area contributed by atoms with Crippen molar-refractivity contribution in [1.82, 2.24) is 14.5 Å². The zero-order valence-corrected chi connectivity index (χ0v) is 16.9. The van der Waals surface area contributed by atoms with Gasteiger partial charge in [0.1, 0.15) is 17.6 Å². The van der Waals surface area contributed by atoms with Crippen molar-refractivity contribution >= 4 is 38.4 Å². The number of hydrogen-bond acceptors (Lipinski definition) is 6. The Bertz CT molecular complexity index is 1080. The highest BCUT2D eigenvalue weighted by Gasteiger charge is 2.18. The molecule has 1 amide bonds. The number of thiazole rings is 1. The van der Waals surface area contributed by atoms with Crippen LogP contribution in [0.3, 0.4) is 0 Å². The van der Waals surface area contributed by atoms with Gasteiger partial charge < -0.3 is 10.2 Å². The number of fused-ring (bicyclic) bond motifs is 1. The fraction of sp³-hybridized carbons (Fsp3) is 0.400. The predicted octanol–water partition coefficient (Wildman–Crippen LogP) is 3.10. The van der Waals surface area contributed by atoms with E-state index in [1.54, 1.807) is 0 Å². The smallest absolute Gasteiger partial charge is 0.273 e. The van der Waals surface area contributed by atoms with Crippen LogP contribution in [0.2, 0.25) is 0 Å². The van der Waals surface area contributed by atoms with Gasteiger partial charge in [0.2, 0.25) is 5.91 Å². The minimum absolute atomic E-state index is 0.0773. The maximum atomic E-state index is 12.8. The van der Waals surface area contributed by atoms with E-state index in [0.717, 1.165) is 47.9 Å². The number of carbonyl (C=O) groups is 1. The summed E-state index contributed by atoms with van der Waals surface area (Å²) in [7, 11) is 0. The number of rotatable bonds is 4. The van der Waals surface area contributed by atoms with Crippen LogP contribution in [0.25, 0.3) is 10.3 Å². The van der Waals surface area contributed by atoms with Crippen LogP contribution in [-0.2, 0) is 11.3 Å². The van der Waals surface area contributed by atoms with Crippen molar-refractivity contribution in [3.63, 3.8) is 0 Å². The van der Waals surface area contributed by atoms with Gasteiger partial charge in [-0.25, -0.2) is 4.98 Å². The molecule has 0 unspecified atom stereocenters. The lowest BCUT2D eigenvalue weighted by molar-refractivity contribution is -0.116. The van der Waals surface area contributed by atoms with Gasteiger partial charge in [-0.15, -0.1) is 0 Å². The molecule has 2 aromatic heterocycles. The summed E-state index contributed by atoms with van der Waals surface area (Å²) < 4.78 is 1.85. The molecule has 28 heavy (non-hydrogen) atoms. The highest BCUT2D eigenvalue weighted by molar-refractivity contribution is 7.22. The van der Waals surface area contributed by atoms with Crippen LogP contribution in [-0.4, -0.2) is 33.5 Å². The summed E-state index contributed by atoms with van der Waals surface area (Å²) in [5, 5.41) is 3.72. The Labute approximate surface area is 167 Å². The molecular weight excluding hydrogens is 374 g/mol. The van der Waals surface area contributed by atoms with E-state index < -0.39 is 0 Å². The summed E-state index contributed by atoms with van der Waals surface area (Å²) in [4.78, 5) is 36.3. The molecule has 1 aliphatic heterocycles. The quantitative estimate of drug-likeness (QED) is 0.732. The predicted molar refractivity (Wildman–Crippen MR) is 112 cm³/mol. The largest absolute Gasteiger partial charge is 0.348 e. The lowest BCUT2D eigenvalue weighted by atomic mass is 10.1. The number of aromatic nitrogens is 3. The first-order chi connectivity index (χ1) is 13.5. The zero-order valence-electron chi connectivity index (χ0n) is 16.1. The number of carbonyl (C=O) groups excluding carboxylic acids is 1. The average Bonchev–Trinajstić information content (AvgIpc) is 3.12. The number of piperidine rings is 1. The van der Waals surface area contributed by atoms with Gasteiger partial charge in [0.15, 0.2) is 10.8 Å². The van der Waals surface area contributed by atoms with E-state index in [1.165, 1.54) is 28.7 Å². The molecule has 0 aliphatic carbocycles. The summed E-state index contributed by atoms with van der Waals surface area (Å²) in [6.45, 7) is 5.80. The highest BCUT2D eigenvalue weighted by atomic mass is 32.1. The summed E-state index contributed by atoms with van der Waals surface area (Å²) in [6.07, 6.45) is 4.94. The van der Waals surface area contributed by atoms with Crippen molar-refractivity contribution < 1.29 is 4.79 Å². The molecule has 146 valence electrons. The number of anilines is 2. The zero-order chi connectivity index (χ0) is 19.7. The van der Waals surface area contributed by atoms with Gasteiger partial charge in [-0.3, -0.25) is 14.2 Å². The van der Waals surface area contributed by atoms with E-state index in [0.29, 0.717) is 10.3 Å². The van der Waals surface area contributed by atoms with E-state index in [9.17, 15) is 9.59 Å². The first kappa shape index (κ1) is 18.6. The molecule has 7 nitrogen and oxygen atoms in total. The average molecular weight is 398 g/mol. The van der Waals surface area contributed by atoms with Crippen molar-refractivity contribution in [3.8, 4) is 0 Å². The molecule has 3 heterocycles. The minimum Gasteiger partial charge on any atom is -0.348 e. The Balaban J connectivity index is 1.54. The Morgan fingerprint density at radius 3 is 2.75 bits per heavy atom. The Hall–Kier alpha value is -2.74. The molecule has 1 saturated heterocycles. The second-order valence-corrected chi connectivity index (χ2v) is 8.22. The Morgan fingerprint density at radius 1 is 1.21 bits per heavy atom. The van der Waals surface area contributed by atoms with Gasteiger partial charge >= 0.3 is 0 Å². The number of amides is 1. The molecule has 0 bridgehead atoms. The second-order valence-electron chi connectivity index (χ2n) is 7.24. The van der Waals surface area contributed by atoms with E-state index in [4.69, 9.17) is 0 Å². The SMILES string of the molecule is Cc1ccc(NC(=O)Cn2cnc3nc(N4CCCCC4)sc3c2=O)c(C)c1. The van der Waals surface area contributed by atoms with Crippen LogP contribution >= 0.6 is 11.3 Å². The summed E-state index contributed by atoms with van der Waals surface area (Å²) in [5.74, 6) is -0.254. The molecule has 1 N–H and O–H groups in total. The van der Waals surface area contributed by atoms with Gasteiger partial charge in [0, 0.05) is 18.8 Å². The maximum absolute atomic E-state index is 12.8. The first-order valence-electron chi connectivity index (χ1n) is 9.49. The standard InChI is InChI=1S/C20H23N5O2S/c1-13-6-7-15(14(2)10-13)22-16(26)11-25-12-21-18-17(19(25)27)28-20(23-18)24-8-4-3-5-9-24/h6-7,10,12H,3-5,8-9,11H2,1-2H3,(H,22,26). The molecular formula is C20H23N5O2S. The molecule has 3 aromatic rings. The third-order valence-electron chi connectivity index (χ3n) is 4.97. The van der Waals surface area contributed by atoms with Gasteiger partial charge in [0.05, 0.1) is 0 Å². The van der Waals surface area contributed by atoms with Gasteiger partial charge in [0.25, 0.3) is 5.56 Å². The Kier molecular flexibility index (Phi) is 5.13. The number of hydrogen-bond donors (Lipinski definition) is 1. The van der Waals surface area contributed by atoms with Gasteiger partial charge in [-0.2, -0.15) is 4.98 Å². The highest BCUT2D eigenvalue weighted by Crippen LogP contribution is 2.27. The molecule has 8 heteroatoms. The maximum Gasteiger partial charge on any atom is 0.273 e. The van der Waals surface area contributed by atoms with E-state index in [2.05, 4.69) is 20.2 Å². The lowest BCUT2D eigenvalue weighted by Gasteiger charge is -2.25. The summed E-state index contributed by atoms with van der Waals surface area (Å²) >= 11 is 1.37. The Morgan fingerprint density at radius 2 is 2.00 bits per heavy atom. The van der Waals surface area contributed by atoms with Crippen LogP contribution in [0.4, 0.5) is 10.8 Å². The molecule has 0 saturated carbocycles. The van der Waals surface area contributed by atoms with Crippen LogP contribution in [0.15, 0.2) is 29.3 Å².